The van der Waals surface area contributed by atoms with E-state index in [-0.39, 0.29) is 24.0 Å². The zero-order valence-electron chi connectivity index (χ0n) is 17.1. The number of aromatic nitrogens is 2. The summed E-state index contributed by atoms with van der Waals surface area (Å²) in [5, 5.41) is 17.1. The molecule has 8 heteroatoms. The van der Waals surface area contributed by atoms with Gasteiger partial charge in [-0.25, -0.2) is 4.68 Å². The maximum Gasteiger partial charge on any atom is 0.193 e. The molecule has 0 aliphatic rings. The van der Waals surface area contributed by atoms with E-state index in [0.717, 1.165) is 16.9 Å². The lowest BCUT2D eigenvalue weighted by Gasteiger charge is -2.05. The monoisotopic (exact) mass is 515 g/mol. The molecule has 1 aromatic heterocycles. The van der Waals surface area contributed by atoms with Crippen LogP contribution in [0.25, 0.3) is 5.69 Å². The van der Waals surface area contributed by atoms with E-state index >= 15 is 0 Å². The number of rotatable bonds is 6. The van der Waals surface area contributed by atoms with Crippen molar-refractivity contribution in [3.63, 3.8) is 0 Å². The average Bonchev–Trinajstić information content (AvgIpc) is 3.03. The normalized spacial score (nSPS) is 10.9. The first-order valence-electron chi connectivity index (χ1n) is 9.46. The van der Waals surface area contributed by atoms with Gasteiger partial charge in [0.25, 0.3) is 0 Å². The fraction of sp³-hybridized carbons (Fsp3) is 0.227. The van der Waals surface area contributed by atoms with Crippen LogP contribution in [0.15, 0.2) is 53.5 Å². The molecule has 0 bridgehead atoms. The van der Waals surface area contributed by atoms with Gasteiger partial charge in [0.15, 0.2) is 5.96 Å². The molecular formula is C22H26IN7. The topological polar surface area (TPSA) is 118 Å². The van der Waals surface area contributed by atoms with Gasteiger partial charge in [-0.05, 0) is 51.0 Å². The zero-order valence-corrected chi connectivity index (χ0v) is 19.4. The van der Waals surface area contributed by atoms with Crippen LogP contribution in [0.3, 0.4) is 0 Å². The maximum atomic E-state index is 9.49. The van der Waals surface area contributed by atoms with Gasteiger partial charge in [-0.2, -0.15) is 10.4 Å². The summed E-state index contributed by atoms with van der Waals surface area (Å²) in [5.41, 5.74) is 17.2. The molecule has 0 atom stereocenters. The lowest BCUT2D eigenvalue weighted by Crippen LogP contribution is -2.22. The molecule has 5 N–H and O–H groups in total. The highest BCUT2D eigenvalue weighted by Gasteiger charge is 2.16. The number of hydrogen-bond donors (Lipinski definition) is 3. The van der Waals surface area contributed by atoms with Gasteiger partial charge in [-0.1, -0.05) is 35.4 Å². The van der Waals surface area contributed by atoms with Gasteiger partial charge in [0.2, 0.25) is 0 Å². The van der Waals surface area contributed by atoms with Gasteiger partial charge >= 0.3 is 0 Å². The third kappa shape index (κ3) is 5.73. The van der Waals surface area contributed by atoms with Gasteiger partial charge in [0.05, 0.1) is 11.4 Å². The number of nitrogens with zero attached hydrogens (tertiary/aromatic N) is 4. The minimum atomic E-state index is 0. The quantitative estimate of drug-likeness (QED) is 0.199. The van der Waals surface area contributed by atoms with Gasteiger partial charge in [0, 0.05) is 12.2 Å². The van der Waals surface area contributed by atoms with Crippen LogP contribution >= 0.6 is 24.0 Å². The number of aryl methyl sites for hydroxylation is 3. The molecule has 1 heterocycles. The molecular weight excluding hydrogens is 489 g/mol. The molecule has 30 heavy (non-hydrogen) atoms. The molecule has 0 aliphatic carbocycles. The van der Waals surface area contributed by atoms with Crippen LogP contribution in [0.5, 0.6) is 0 Å². The van der Waals surface area contributed by atoms with Crippen LogP contribution in [0.2, 0.25) is 0 Å². The number of benzene rings is 2. The van der Waals surface area contributed by atoms with Crippen molar-refractivity contribution in [1.82, 2.24) is 9.78 Å². The second-order valence-electron chi connectivity index (χ2n) is 6.93. The van der Waals surface area contributed by atoms with Crippen molar-refractivity contribution in [2.75, 3.05) is 17.6 Å². The Bertz CT molecular complexity index is 1040. The number of nitrogens with one attached hydrogen (secondary N) is 1. The van der Waals surface area contributed by atoms with Crippen molar-refractivity contribution in [2.45, 2.75) is 26.7 Å². The number of nitrogen functional groups attached to an aromatic ring is 1. The Labute approximate surface area is 193 Å². The largest absolute Gasteiger partial charge is 0.382 e. The highest BCUT2D eigenvalue weighted by Crippen LogP contribution is 2.21. The summed E-state index contributed by atoms with van der Waals surface area (Å²) in [4.78, 5) is 4.34. The first-order chi connectivity index (χ1) is 14.0. The summed E-state index contributed by atoms with van der Waals surface area (Å²) >= 11 is 0. The van der Waals surface area contributed by atoms with Gasteiger partial charge in [-0.3, -0.25) is 4.99 Å². The SMILES string of the molecule is Cc1ccc(NC(N)=NCCCc2nn(-c3ccc(C)cc3)c(N)c2C#N)cc1.I. The summed E-state index contributed by atoms with van der Waals surface area (Å²) < 4.78 is 1.61. The number of hydrogen-bond acceptors (Lipinski definition) is 4. The minimum absolute atomic E-state index is 0. The highest BCUT2D eigenvalue weighted by atomic mass is 127. The Balaban J connectivity index is 0.00000320. The summed E-state index contributed by atoms with van der Waals surface area (Å²) in [6.45, 7) is 4.57. The fourth-order valence-corrected chi connectivity index (χ4v) is 2.93. The number of nitrogens with two attached hydrogens (primary N) is 2. The molecule has 156 valence electrons. The summed E-state index contributed by atoms with van der Waals surface area (Å²) in [7, 11) is 0. The first-order valence-corrected chi connectivity index (χ1v) is 9.46. The summed E-state index contributed by atoms with van der Waals surface area (Å²) in [6, 6.07) is 17.9. The van der Waals surface area contributed by atoms with Crippen LogP contribution in [0.4, 0.5) is 11.5 Å². The second-order valence-corrected chi connectivity index (χ2v) is 6.93. The van der Waals surface area contributed by atoms with E-state index in [0.29, 0.717) is 42.4 Å². The second kappa shape index (κ2) is 10.6. The number of halogens is 1. The van der Waals surface area contributed by atoms with Crippen molar-refractivity contribution >= 4 is 41.4 Å². The number of aliphatic imine (C=N–C) groups is 1. The Kier molecular flexibility index (Phi) is 8.24. The lowest BCUT2D eigenvalue weighted by molar-refractivity contribution is 0.776. The molecule has 0 saturated heterocycles. The van der Waals surface area contributed by atoms with Gasteiger partial charge in [-0.15, -0.1) is 24.0 Å². The number of nitriles is 1. The van der Waals surface area contributed by atoms with E-state index in [1.54, 1.807) is 4.68 Å². The molecule has 0 spiro atoms. The van der Waals surface area contributed by atoms with E-state index in [1.807, 2.05) is 62.4 Å². The Hall–Kier alpha value is -3.06. The smallest absolute Gasteiger partial charge is 0.193 e. The molecule has 7 nitrogen and oxygen atoms in total. The van der Waals surface area contributed by atoms with Crippen LogP contribution in [-0.4, -0.2) is 22.3 Å². The molecule has 0 saturated carbocycles. The molecule has 0 aliphatic heterocycles. The van der Waals surface area contributed by atoms with E-state index in [4.69, 9.17) is 11.5 Å². The Morgan fingerprint density at radius 1 is 1.10 bits per heavy atom. The molecule has 2 aromatic carbocycles. The molecule has 0 radical (unpaired) electrons. The van der Waals surface area contributed by atoms with Crippen molar-refractivity contribution in [3.8, 4) is 11.8 Å². The van der Waals surface area contributed by atoms with Crippen LogP contribution in [-0.2, 0) is 6.42 Å². The zero-order chi connectivity index (χ0) is 20.8. The Morgan fingerprint density at radius 2 is 1.70 bits per heavy atom. The maximum absolute atomic E-state index is 9.49. The van der Waals surface area contributed by atoms with E-state index < -0.39 is 0 Å². The number of anilines is 2. The molecule has 0 unspecified atom stereocenters. The van der Waals surface area contributed by atoms with Crippen molar-refractivity contribution in [1.29, 1.82) is 5.26 Å². The van der Waals surface area contributed by atoms with Gasteiger partial charge < -0.3 is 16.8 Å². The Morgan fingerprint density at radius 3 is 2.30 bits per heavy atom. The van der Waals surface area contributed by atoms with Crippen LogP contribution in [0, 0.1) is 25.2 Å². The van der Waals surface area contributed by atoms with E-state index in [9.17, 15) is 5.26 Å². The van der Waals surface area contributed by atoms with Gasteiger partial charge in [0.1, 0.15) is 17.5 Å². The van der Waals surface area contributed by atoms with E-state index in [1.165, 1.54) is 5.56 Å². The molecule has 3 aromatic rings. The highest BCUT2D eigenvalue weighted by molar-refractivity contribution is 14.0. The van der Waals surface area contributed by atoms with Crippen LogP contribution < -0.4 is 16.8 Å². The molecule has 0 fully saturated rings. The van der Waals surface area contributed by atoms with Crippen molar-refractivity contribution < 1.29 is 0 Å². The first kappa shape index (κ1) is 23.2. The summed E-state index contributed by atoms with van der Waals surface area (Å²) in [6.07, 6.45) is 1.29. The fourth-order valence-electron chi connectivity index (χ4n) is 2.93. The van der Waals surface area contributed by atoms with E-state index in [2.05, 4.69) is 21.5 Å². The number of guanidine groups is 1. The standard InChI is InChI=1S/C22H25N7.HI/c1-15-5-9-17(10-6-15)27-22(25)26-13-3-4-20-19(14-23)21(24)29(28-20)18-11-7-16(2)8-12-18;/h5-12H,3-4,13,24H2,1-2H3,(H3,25,26,27);1H. The predicted molar refractivity (Wildman–Crippen MR) is 132 cm³/mol. The third-order valence-electron chi connectivity index (χ3n) is 4.56. The molecule has 0 amide bonds. The van der Waals surface area contributed by atoms with Crippen molar-refractivity contribution in [2.24, 2.45) is 10.7 Å². The summed E-state index contributed by atoms with van der Waals surface area (Å²) in [5.74, 6) is 0.717. The van der Waals surface area contributed by atoms with Crippen LogP contribution in [0.1, 0.15) is 28.8 Å². The van der Waals surface area contributed by atoms with Crippen molar-refractivity contribution in [3.05, 3.63) is 70.9 Å². The molecule has 3 rings (SSSR count). The lowest BCUT2D eigenvalue weighted by atomic mass is 10.1. The third-order valence-corrected chi connectivity index (χ3v) is 4.56. The minimum Gasteiger partial charge on any atom is -0.382 e. The predicted octanol–water partition coefficient (Wildman–Crippen LogP) is 3.92. The average molecular weight is 515 g/mol.